The third kappa shape index (κ3) is 4.25. The van der Waals surface area contributed by atoms with Crippen molar-refractivity contribution >= 4 is 0 Å². The molecular formula is C20H28N2O2. The van der Waals surface area contributed by atoms with Crippen LogP contribution in [0.4, 0.5) is 0 Å². The predicted molar refractivity (Wildman–Crippen MR) is 94.9 cm³/mol. The molecule has 1 saturated heterocycles. The largest absolute Gasteiger partial charge is 0.349 e. The van der Waals surface area contributed by atoms with Crippen molar-refractivity contribution in [3.63, 3.8) is 0 Å². The fourth-order valence-electron chi connectivity index (χ4n) is 3.27. The van der Waals surface area contributed by atoms with E-state index in [1.807, 2.05) is 18.7 Å². The minimum absolute atomic E-state index is 0.0705. The van der Waals surface area contributed by atoms with Gasteiger partial charge in [-0.1, -0.05) is 43.2 Å². The first kappa shape index (κ1) is 17.2. The molecule has 1 aliphatic rings. The van der Waals surface area contributed by atoms with Gasteiger partial charge in [-0.05, 0) is 19.4 Å². The molecule has 0 radical (unpaired) electrons. The van der Waals surface area contributed by atoms with Crippen LogP contribution in [-0.2, 0) is 22.4 Å². The summed E-state index contributed by atoms with van der Waals surface area (Å²) >= 11 is 0. The Balaban J connectivity index is 1.78. The van der Waals surface area contributed by atoms with Gasteiger partial charge in [-0.3, -0.25) is 0 Å². The second-order valence-electron chi connectivity index (χ2n) is 7.88. The third-order valence-electron chi connectivity index (χ3n) is 4.52. The number of imidazole rings is 1. The molecule has 0 amide bonds. The van der Waals surface area contributed by atoms with E-state index < -0.39 is 5.79 Å². The predicted octanol–water partition coefficient (Wildman–Crippen LogP) is 3.90. The molecule has 1 fully saturated rings. The van der Waals surface area contributed by atoms with Gasteiger partial charge in [0.05, 0.1) is 19.5 Å². The van der Waals surface area contributed by atoms with E-state index in [1.54, 1.807) is 0 Å². The van der Waals surface area contributed by atoms with E-state index in [0.717, 1.165) is 32.6 Å². The highest BCUT2D eigenvalue weighted by atomic mass is 16.7. The summed E-state index contributed by atoms with van der Waals surface area (Å²) in [7, 11) is 0. The van der Waals surface area contributed by atoms with Crippen molar-refractivity contribution < 1.29 is 9.47 Å². The van der Waals surface area contributed by atoms with Gasteiger partial charge in [-0.25, -0.2) is 4.98 Å². The molecule has 130 valence electrons. The lowest BCUT2D eigenvalue weighted by Gasteiger charge is -2.44. The molecule has 1 aromatic carbocycles. The van der Waals surface area contributed by atoms with Gasteiger partial charge >= 0.3 is 0 Å². The monoisotopic (exact) mass is 328 g/mol. The van der Waals surface area contributed by atoms with Crippen LogP contribution in [0.15, 0.2) is 36.9 Å². The van der Waals surface area contributed by atoms with Crippen LogP contribution in [0, 0.1) is 19.3 Å². The Morgan fingerprint density at radius 2 is 1.75 bits per heavy atom. The van der Waals surface area contributed by atoms with Crippen molar-refractivity contribution in [3.05, 3.63) is 53.6 Å². The molecule has 2 heterocycles. The molecule has 2 aromatic rings. The number of rotatable bonds is 5. The molecular weight excluding hydrogens is 300 g/mol. The smallest absolute Gasteiger partial charge is 0.174 e. The van der Waals surface area contributed by atoms with Crippen LogP contribution in [0.25, 0.3) is 0 Å². The normalized spacial score (nSPS) is 19.3. The number of aromatic nitrogens is 2. The zero-order chi connectivity index (χ0) is 17.2. The Morgan fingerprint density at radius 1 is 1.08 bits per heavy atom. The number of benzene rings is 1. The average molecular weight is 328 g/mol. The molecule has 24 heavy (non-hydrogen) atoms. The molecule has 3 rings (SSSR count). The van der Waals surface area contributed by atoms with Gasteiger partial charge in [0.2, 0.25) is 0 Å². The van der Waals surface area contributed by atoms with Crippen molar-refractivity contribution in [2.45, 2.75) is 52.9 Å². The second-order valence-corrected chi connectivity index (χ2v) is 7.88. The lowest BCUT2D eigenvalue weighted by Crippen LogP contribution is -2.49. The van der Waals surface area contributed by atoms with Crippen molar-refractivity contribution in [2.75, 3.05) is 13.2 Å². The molecule has 0 spiro atoms. The van der Waals surface area contributed by atoms with Crippen LogP contribution >= 0.6 is 0 Å². The minimum atomic E-state index is -0.556. The zero-order valence-electron chi connectivity index (χ0n) is 15.2. The SMILES string of the molecule is Cc1cc(C)cc(CC2(CCn3ccnc3)OCC(C)(C)CO2)c1. The molecule has 4 nitrogen and oxygen atoms in total. The van der Waals surface area contributed by atoms with E-state index in [1.165, 1.54) is 16.7 Å². The van der Waals surface area contributed by atoms with Crippen LogP contribution in [-0.4, -0.2) is 28.6 Å². The first-order valence-corrected chi connectivity index (χ1v) is 8.67. The van der Waals surface area contributed by atoms with Gasteiger partial charge in [0.25, 0.3) is 0 Å². The van der Waals surface area contributed by atoms with Crippen LogP contribution in [0.1, 0.15) is 37.0 Å². The summed E-state index contributed by atoms with van der Waals surface area (Å²) in [6.07, 6.45) is 7.23. The van der Waals surface area contributed by atoms with Crippen molar-refractivity contribution in [1.82, 2.24) is 9.55 Å². The summed E-state index contributed by atoms with van der Waals surface area (Å²) in [6, 6.07) is 6.67. The fourth-order valence-corrected chi connectivity index (χ4v) is 3.27. The fraction of sp³-hybridized carbons (Fsp3) is 0.550. The molecule has 0 N–H and O–H groups in total. The maximum atomic E-state index is 6.31. The van der Waals surface area contributed by atoms with Gasteiger partial charge in [0, 0.05) is 37.2 Å². The molecule has 0 aliphatic carbocycles. The van der Waals surface area contributed by atoms with Gasteiger partial charge < -0.3 is 14.0 Å². The zero-order valence-corrected chi connectivity index (χ0v) is 15.2. The molecule has 4 heteroatoms. The highest BCUT2D eigenvalue weighted by molar-refractivity contribution is 5.29. The number of hydrogen-bond donors (Lipinski definition) is 0. The lowest BCUT2D eigenvalue weighted by atomic mass is 9.92. The van der Waals surface area contributed by atoms with Crippen molar-refractivity contribution in [2.24, 2.45) is 5.41 Å². The van der Waals surface area contributed by atoms with E-state index >= 15 is 0 Å². The first-order valence-electron chi connectivity index (χ1n) is 8.67. The van der Waals surface area contributed by atoms with Crippen LogP contribution in [0.3, 0.4) is 0 Å². The van der Waals surface area contributed by atoms with E-state index in [2.05, 4.69) is 55.4 Å². The first-order chi connectivity index (χ1) is 11.4. The Morgan fingerprint density at radius 3 is 2.33 bits per heavy atom. The summed E-state index contributed by atoms with van der Waals surface area (Å²) < 4.78 is 14.7. The Labute approximate surface area is 144 Å². The molecule has 0 unspecified atom stereocenters. The van der Waals surface area contributed by atoms with Crippen molar-refractivity contribution in [3.8, 4) is 0 Å². The standard InChI is InChI=1S/C20H28N2O2/c1-16-9-17(2)11-18(10-16)12-20(5-7-22-8-6-21-15-22)23-13-19(3,4)14-24-20/h6,8-11,15H,5,7,12-14H2,1-4H3. The molecule has 0 saturated carbocycles. The molecule has 1 aliphatic heterocycles. The van der Waals surface area contributed by atoms with Crippen LogP contribution in [0.5, 0.6) is 0 Å². The number of aryl methyl sites for hydroxylation is 3. The maximum Gasteiger partial charge on any atom is 0.174 e. The van der Waals surface area contributed by atoms with Crippen molar-refractivity contribution in [1.29, 1.82) is 0 Å². The van der Waals surface area contributed by atoms with Gasteiger partial charge in [-0.2, -0.15) is 0 Å². The Hall–Kier alpha value is -1.65. The quantitative estimate of drug-likeness (QED) is 0.835. The van der Waals surface area contributed by atoms with Gasteiger partial charge in [-0.15, -0.1) is 0 Å². The summed E-state index contributed by atoms with van der Waals surface area (Å²) in [5, 5.41) is 0. The summed E-state index contributed by atoms with van der Waals surface area (Å²) in [6.45, 7) is 10.9. The molecule has 1 aromatic heterocycles. The maximum absolute atomic E-state index is 6.31. The Kier molecular flexibility index (Phi) is 4.79. The van der Waals surface area contributed by atoms with E-state index in [-0.39, 0.29) is 5.41 Å². The van der Waals surface area contributed by atoms with Gasteiger partial charge in [0.15, 0.2) is 5.79 Å². The molecule has 0 bridgehead atoms. The van der Waals surface area contributed by atoms with Gasteiger partial charge in [0.1, 0.15) is 0 Å². The summed E-state index contributed by atoms with van der Waals surface area (Å²) in [4.78, 5) is 4.12. The molecule has 0 atom stereocenters. The highest BCUT2D eigenvalue weighted by Crippen LogP contribution is 2.34. The topological polar surface area (TPSA) is 36.3 Å². The number of nitrogens with zero attached hydrogens (tertiary/aromatic N) is 2. The Bertz CT molecular complexity index is 647. The van der Waals surface area contributed by atoms with Crippen LogP contribution < -0.4 is 0 Å². The lowest BCUT2D eigenvalue weighted by molar-refractivity contribution is -0.301. The van der Waals surface area contributed by atoms with E-state index in [9.17, 15) is 0 Å². The van der Waals surface area contributed by atoms with Crippen LogP contribution in [0.2, 0.25) is 0 Å². The highest BCUT2D eigenvalue weighted by Gasteiger charge is 2.40. The summed E-state index contributed by atoms with van der Waals surface area (Å²) in [5.41, 5.74) is 3.91. The second kappa shape index (κ2) is 6.69. The third-order valence-corrected chi connectivity index (χ3v) is 4.52. The van der Waals surface area contributed by atoms with E-state index in [0.29, 0.717) is 0 Å². The van der Waals surface area contributed by atoms with E-state index in [4.69, 9.17) is 9.47 Å². The summed E-state index contributed by atoms with van der Waals surface area (Å²) in [5.74, 6) is -0.556. The number of ether oxygens (including phenoxy) is 2. The number of hydrogen-bond acceptors (Lipinski definition) is 3. The average Bonchev–Trinajstić information content (AvgIpc) is 3.01. The minimum Gasteiger partial charge on any atom is -0.349 e.